The summed E-state index contributed by atoms with van der Waals surface area (Å²) in [6, 6.07) is 6.41. The summed E-state index contributed by atoms with van der Waals surface area (Å²) in [6.45, 7) is 5.45. The molecule has 0 aromatic heterocycles. The van der Waals surface area contributed by atoms with Crippen molar-refractivity contribution in [2.24, 2.45) is 0 Å². The largest absolute Gasteiger partial charge is 0.240 e. The van der Waals surface area contributed by atoms with Crippen LogP contribution in [-0.4, -0.2) is 14.5 Å². The molecule has 1 atom stereocenters. The predicted molar refractivity (Wildman–Crippen MR) is 66.0 cm³/mol. The zero-order chi connectivity index (χ0) is 13.1. The SMILES string of the molecule is CCC(C)NS(=O)(=O)c1ccc(C#N)c(C)c1. The fraction of sp³-hybridized carbons (Fsp3) is 0.417. The van der Waals surface area contributed by atoms with Crippen molar-refractivity contribution in [2.45, 2.75) is 38.1 Å². The van der Waals surface area contributed by atoms with E-state index in [0.29, 0.717) is 11.1 Å². The van der Waals surface area contributed by atoms with Gasteiger partial charge in [-0.05, 0) is 44.0 Å². The molecule has 0 aliphatic carbocycles. The van der Waals surface area contributed by atoms with Gasteiger partial charge in [0.25, 0.3) is 0 Å². The lowest BCUT2D eigenvalue weighted by Gasteiger charge is -2.12. The van der Waals surface area contributed by atoms with Crippen molar-refractivity contribution < 1.29 is 8.42 Å². The van der Waals surface area contributed by atoms with Crippen LogP contribution in [0.25, 0.3) is 0 Å². The van der Waals surface area contributed by atoms with Gasteiger partial charge in [0.2, 0.25) is 10.0 Å². The van der Waals surface area contributed by atoms with E-state index < -0.39 is 10.0 Å². The molecule has 0 spiro atoms. The van der Waals surface area contributed by atoms with Gasteiger partial charge in [-0.2, -0.15) is 5.26 Å². The molecule has 0 bridgehead atoms. The lowest BCUT2D eigenvalue weighted by molar-refractivity contribution is 0.556. The van der Waals surface area contributed by atoms with E-state index in [4.69, 9.17) is 5.26 Å². The maximum absolute atomic E-state index is 12.0. The van der Waals surface area contributed by atoms with Crippen molar-refractivity contribution in [1.82, 2.24) is 4.72 Å². The Morgan fingerprint density at radius 3 is 2.59 bits per heavy atom. The van der Waals surface area contributed by atoms with Gasteiger partial charge in [0.1, 0.15) is 0 Å². The summed E-state index contributed by atoms with van der Waals surface area (Å²) in [7, 11) is -3.48. The highest BCUT2D eigenvalue weighted by Crippen LogP contribution is 2.15. The third kappa shape index (κ3) is 3.29. The molecular formula is C12H16N2O2S. The van der Waals surface area contributed by atoms with E-state index in [1.54, 1.807) is 6.92 Å². The molecule has 92 valence electrons. The summed E-state index contributed by atoms with van der Waals surface area (Å²) in [5.74, 6) is 0. The average molecular weight is 252 g/mol. The van der Waals surface area contributed by atoms with Crippen molar-refractivity contribution in [1.29, 1.82) is 5.26 Å². The molecule has 17 heavy (non-hydrogen) atoms. The van der Waals surface area contributed by atoms with Crippen LogP contribution in [0, 0.1) is 18.3 Å². The average Bonchev–Trinajstić information content (AvgIpc) is 2.28. The van der Waals surface area contributed by atoms with E-state index in [9.17, 15) is 8.42 Å². The molecule has 0 aliphatic rings. The van der Waals surface area contributed by atoms with Gasteiger partial charge in [0, 0.05) is 6.04 Å². The van der Waals surface area contributed by atoms with Crippen LogP contribution in [0.5, 0.6) is 0 Å². The van der Waals surface area contributed by atoms with E-state index in [2.05, 4.69) is 4.72 Å². The molecule has 1 N–H and O–H groups in total. The van der Waals surface area contributed by atoms with Crippen LogP contribution in [0.15, 0.2) is 23.1 Å². The third-order valence-electron chi connectivity index (χ3n) is 2.60. The Hall–Kier alpha value is -1.38. The molecule has 0 radical (unpaired) electrons. The van der Waals surface area contributed by atoms with E-state index >= 15 is 0 Å². The molecule has 1 aromatic rings. The van der Waals surface area contributed by atoms with Crippen molar-refractivity contribution in [3.05, 3.63) is 29.3 Å². The Morgan fingerprint density at radius 1 is 1.47 bits per heavy atom. The number of rotatable bonds is 4. The summed E-state index contributed by atoms with van der Waals surface area (Å²) in [6.07, 6.45) is 0.731. The van der Waals surface area contributed by atoms with Gasteiger partial charge in [-0.1, -0.05) is 6.92 Å². The van der Waals surface area contributed by atoms with Gasteiger partial charge in [0.05, 0.1) is 16.5 Å². The van der Waals surface area contributed by atoms with Gasteiger partial charge in [-0.3, -0.25) is 0 Å². The van der Waals surface area contributed by atoms with E-state index in [0.717, 1.165) is 6.42 Å². The fourth-order valence-electron chi connectivity index (χ4n) is 1.34. The molecule has 0 heterocycles. The number of hydrogen-bond donors (Lipinski definition) is 1. The van der Waals surface area contributed by atoms with Crippen LogP contribution in [-0.2, 0) is 10.0 Å². The van der Waals surface area contributed by atoms with E-state index in [1.807, 2.05) is 19.9 Å². The van der Waals surface area contributed by atoms with Gasteiger partial charge >= 0.3 is 0 Å². The molecule has 0 saturated heterocycles. The zero-order valence-electron chi connectivity index (χ0n) is 10.2. The molecule has 0 amide bonds. The molecule has 1 unspecified atom stereocenters. The monoisotopic (exact) mass is 252 g/mol. The number of nitrogens with one attached hydrogen (secondary N) is 1. The number of nitrogens with zero attached hydrogens (tertiary/aromatic N) is 1. The predicted octanol–water partition coefficient (Wildman–Crippen LogP) is 1.94. The first kappa shape index (κ1) is 13.7. The lowest BCUT2D eigenvalue weighted by atomic mass is 10.1. The van der Waals surface area contributed by atoms with Crippen molar-refractivity contribution in [3.63, 3.8) is 0 Å². The first-order valence-electron chi connectivity index (χ1n) is 5.43. The summed E-state index contributed by atoms with van der Waals surface area (Å²) in [4.78, 5) is 0.203. The van der Waals surface area contributed by atoms with E-state index in [-0.39, 0.29) is 10.9 Å². The Morgan fingerprint density at radius 2 is 2.12 bits per heavy atom. The maximum Gasteiger partial charge on any atom is 0.240 e. The summed E-state index contributed by atoms with van der Waals surface area (Å²) in [5, 5.41) is 8.78. The second-order valence-electron chi connectivity index (χ2n) is 4.02. The number of nitriles is 1. The molecule has 5 heteroatoms. The molecule has 1 aromatic carbocycles. The topological polar surface area (TPSA) is 70.0 Å². The highest BCUT2D eigenvalue weighted by molar-refractivity contribution is 7.89. The minimum absolute atomic E-state index is 0.101. The number of hydrogen-bond acceptors (Lipinski definition) is 3. The van der Waals surface area contributed by atoms with E-state index in [1.165, 1.54) is 18.2 Å². The Kier molecular flexibility index (Phi) is 4.27. The minimum atomic E-state index is -3.48. The van der Waals surface area contributed by atoms with Crippen LogP contribution < -0.4 is 4.72 Å². The summed E-state index contributed by atoms with van der Waals surface area (Å²) >= 11 is 0. The van der Waals surface area contributed by atoms with Gasteiger partial charge in [-0.25, -0.2) is 13.1 Å². The van der Waals surface area contributed by atoms with Gasteiger partial charge in [0.15, 0.2) is 0 Å². The number of sulfonamides is 1. The second-order valence-corrected chi connectivity index (χ2v) is 5.73. The minimum Gasteiger partial charge on any atom is -0.208 e. The molecular weight excluding hydrogens is 236 g/mol. The van der Waals surface area contributed by atoms with Crippen LogP contribution in [0.3, 0.4) is 0 Å². The fourth-order valence-corrected chi connectivity index (χ4v) is 2.76. The molecule has 0 saturated carbocycles. The first-order chi connectivity index (χ1) is 7.90. The highest BCUT2D eigenvalue weighted by atomic mass is 32.2. The molecule has 0 fully saturated rings. The third-order valence-corrected chi connectivity index (χ3v) is 4.18. The zero-order valence-corrected chi connectivity index (χ0v) is 11.0. The lowest BCUT2D eigenvalue weighted by Crippen LogP contribution is -2.32. The molecule has 4 nitrogen and oxygen atoms in total. The molecule has 0 aliphatic heterocycles. The van der Waals surface area contributed by atoms with Crippen LogP contribution in [0.4, 0.5) is 0 Å². The van der Waals surface area contributed by atoms with Crippen LogP contribution in [0.2, 0.25) is 0 Å². The molecule has 1 rings (SSSR count). The Labute approximate surface area is 102 Å². The summed E-state index contributed by atoms with van der Waals surface area (Å²) in [5.41, 5.74) is 1.16. The van der Waals surface area contributed by atoms with Crippen molar-refractivity contribution >= 4 is 10.0 Å². The maximum atomic E-state index is 12.0. The van der Waals surface area contributed by atoms with Gasteiger partial charge in [-0.15, -0.1) is 0 Å². The smallest absolute Gasteiger partial charge is 0.208 e. The van der Waals surface area contributed by atoms with Crippen LogP contribution in [0.1, 0.15) is 31.4 Å². The number of aryl methyl sites for hydroxylation is 1. The first-order valence-corrected chi connectivity index (χ1v) is 6.92. The van der Waals surface area contributed by atoms with Crippen molar-refractivity contribution in [2.75, 3.05) is 0 Å². The second kappa shape index (κ2) is 5.30. The highest BCUT2D eigenvalue weighted by Gasteiger charge is 2.17. The normalized spacial score (nSPS) is 13.1. The van der Waals surface area contributed by atoms with Crippen molar-refractivity contribution in [3.8, 4) is 6.07 Å². The summed E-state index contributed by atoms with van der Waals surface area (Å²) < 4.78 is 26.5. The standard InChI is InChI=1S/C12H16N2O2S/c1-4-10(3)14-17(15,16)12-6-5-11(8-13)9(2)7-12/h5-7,10,14H,4H2,1-3H3. The van der Waals surface area contributed by atoms with Gasteiger partial charge < -0.3 is 0 Å². The Bertz CT molecular complexity index is 544. The Balaban J connectivity index is 3.09. The van der Waals surface area contributed by atoms with Crippen LogP contribution >= 0.6 is 0 Å². The number of benzene rings is 1. The quantitative estimate of drug-likeness (QED) is 0.890.